The fourth-order valence-corrected chi connectivity index (χ4v) is 4.68. The van der Waals surface area contributed by atoms with E-state index in [-0.39, 0.29) is 11.9 Å². The lowest BCUT2D eigenvalue weighted by Gasteiger charge is -2.14. The summed E-state index contributed by atoms with van der Waals surface area (Å²) < 4.78 is 7.79. The lowest BCUT2D eigenvalue weighted by molar-refractivity contribution is -0.117. The third-order valence-electron chi connectivity index (χ3n) is 6.48. The minimum atomic E-state index is -0.286. The highest BCUT2D eigenvalue weighted by atomic mass is 16.5. The number of ether oxygens (including phenoxy) is 1. The summed E-state index contributed by atoms with van der Waals surface area (Å²) in [6, 6.07) is 4.03. The first-order chi connectivity index (χ1) is 14.9. The van der Waals surface area contributed by atoms with Crippen LogP contribution in [0.1, 0.15) is 72.6 Å². The van der Waals surface area contributed by atoms with Gasteiger partial charge in [0.25, 0.3) is 0 Å². The van der Waals surface area contributed by atoms with Crippen molar-refractivity contribution in [2.24, 2.45) is 12.8 Å². The van der Waals surface area contributed by atoms with Crippen LogP contribution in [-0.2, 0) is 29.4 Å². The van der Waals surface area contributed by atoms with Gasteiger partial charge in [0.05, 0.1) is 5.56 Å². The second-order valence-electron chi connectivity index (χ2n) is 8.78. The molecule has 0 unspecified atom stereocenters. The second kappa shape index (κ2) is 10.8. The Morgan fingerprint density at radius 3 is 2.55 bits per heavy atom. The zero-order valence-electron chi connectivity index (χ0n) is 19.3. The fourth-order valence-electron chi connectivity index (χ4n) is 4.68. The number of amides is 1. The molecule has 31 heavy (non-hydrogen) atoms. The number of likely N-dealkylation sites (tertiary alicyclic amines) is 1. The number of hydrogen-bond acceptors (Lipinski definition) is 4. The van der Waals surface area contributed by atoms with E-state index in [1.54, 1.807) is 0 Å². The Hall–Kier alpha value is -2.34. The van der Waals surface area contributed by atoms with E-state index >= 15 is 0 Å². The monoisotopic (exact) mass is 427 g/mol. The average Bonchev–Trinajstić information content (AvgIpc) is 3.33. The van der Waals surface area contributed by atoms with Gasteiger partial charge in [-0.15, -0.1) is 0 Å². The summed E-state index contributed by atoms with van der Waals surface area (Å²) in [6.45, 7) is 7.58. The van der Waals surface area contributed by atoms with Crippen LogP contribution in [0.4, 0.5) is 0 Å². The molecule has 2 aromatic rings. The lowest BCUT2D eigenvalue weighted by atomic mass is 9.99. The van der Waals surface area contributed by atoms with Gasteiger partial charge in [0, 0.05) is 36.6 Å². The van der Waals surface area contributed by atoms with Crippen molar-refractivity contribution < 1.29 is 14.3 Å². The maximum absolute atomic E-state index is 12.8. The van der Waals surface area contributed by atoms with Crippen LogP contribution in [0.25, 0.3) is 10.9 Å². The molecular formula is C25H37N3O3. The molecule has 2 heterocycles. The number of hydrogen-bond donors (Lipinski definition) is 1. The predicted octanol–water partition coefficient (Wildman–Crippen LogP) is 3.89. The topological polar surface area (TPSA) is 77.6 Å². The van der Waals surface area contributed by atoms with Gasteiger partial charge in [0.15, 0.2) is 0 Å². The molecule has 0 spiro atoms. The van der Waals surface area contributed by atoms with Crippen LogP contribution in [0.5, 0.6) is 0 Å². The minimum Gasteiger partial charge on any atom is -0.461 e. The quantitative estimate of drug-likeness (QED) is 0.436. The molecule has 0 saturated carbocycles. The normalized spacial score (nSPS) is 14.4. The maximum atomic E-state index is 12.8. The first-order valence-electron chi connectivity index (χ1n) is 11.7. The molecule has 2 N–H and O–H groups in total. The number of aromatic nitrogens is 1. The third-order valence-corrected chi connectivity index (χ3v) is 6.48. The van der Waals surface area contributed by atoms with E-state index in [0.717, 1.165) is 55.4 Å². The molecule has 0 bridgehead atoms. The van der Waals surface area contributed by atoms with Crippen LogP contribution in [-0.4, -0.2) is 47.6 Å². The van der Waals surface area contributed by atoms with Crippen LogP contribution in [0.15, 0.2) is 12.1 Å². The maximum Gasteiger partial charge on any atom is 0.338 e. The summed E-state index contributed by atoms with van der Waals surface area (Å²) >= 11 is 0. The van der Waals surface area contributed by atoms with Crippen molar-refractivity contribution in [3.63, 3.8) is 0 Å². The number of esters is 1. The molecule has 1 amide bonds. The Morgan fingerprint density at radius 2 is 1.87 bits per heavy atom. The van der Waals surface area contributed by atoms with Gasteiger partial charge in [-0.25, -0.2) is 4.79 Å². The van der Waals surface area contributed by atoms with Crippen molar-refractivity contribution in [3.8, 4) is 0 Å². The Labute approximate surface area is 185 Å². The molecule has 1 fully saturated rings. The first-order valence-corrected chi connectivity index (χ1v) is 11.7. The molecule has 0 radical (unpaired) electrons. The molecule has 1 aliphatic heterocycles. The zero-order chi connectivity index (χ0) is 22.4. The van der Waals surface area contributed by atoms with Crippen LogP contribution >= 0.6 is 0 Å². The largest absolute Gasteiger partial charge is 0.461 e. The van der Waals surface area contributed by atoms with E-state index in [4.69, 9.17) is 10.5 Å². The highest BCUT2D eigenvalue weighted by Crippen LogP contribution is 2.31. The molecule has 170 valence electrons. The Kier molecular flexibility index (Phi) is 8.13. The van der Waals surface area contributed by atoms with Gasteiger partial charge in [0.2, 0.25) is 5.91 Å². The standard InChI is InChI=1S/C25H37N3O3/c1-4-5-6-9-22-19(10-11-24(26)29)21-16-18(2)20(17-23(21)27(22)3)25(30)31-15-14-28-12-7-8-13-28/h16-17H,4-15H2,1-3H3,(H2,26,29). The molecule has 0 atom stereocenters. The van der Waals surface area contributed by atoms with Gasteiger partial charge < -0.3 is 15.0 Å². The second-order valence-corrected chi connectivity index (χ2v) is 8.78. The van der Waals surface area contributed by atoms with E-state index in [9.17, 15) is 9.59 Å². The molecule has 3 rings (SSSR count). The summed E-state index contributed by atoms with van der Waals surface area (Å²) in [5.74, 6) is -0.544. The summed E-state index contributed by atoms with van der Waals surface area (Å²) in [6.07, 6.45) is 7.83. The van der Waals surface area contributed by atoms with Gasteiger partial charge in [0.1, 0.15) is 6.61 Å². The van der Waals surface area contributed by atoms with E-state index in [1.807, 2.05) is 13.0 Å². The van der Waals surface area contributed by atoms with E-state index in [2.05, 4.69) is 29.5 Å². The highest BCUT2D eigenvalue weighted by molar-refractivity contribution is 5.98. The molecule has 0 aliphatic carbocycles. The van der Waals surface area contributed by atoms with E-state index in [1.165, 1.54) is 30.5 Å². The van der Waals surface area contributed by atoms with Gasteiger partial charge in [-0.3, -0.25) is 9.69 Å². The van der Waals surface area contributed by atoms with Crippen LogP contribution in [0.3, 0.4) is 0 Å². The summed E-state index contributed by atoms with van der Waals surface area (Å²) in [4.78, 5) is 26.6. The van der Waals surface area contributed by atoms with Crippen molar-refractivity contribution in [2.45, 2.75) is 65.2 Å². The number of nitrogens with zero attached hydrogens (tertiary/aromatic N) is 2. The molecule has 1 aromatic heterocycles. The number of benzene rings is 1. The van der Waals surface area contributed by atoms with Crippen molar-refractivity contribution in [3.05, 3.63) is 34.5 Å². The minimum absolute atomic E-state index is 0.258. The van der Waals surface area contributed by atoms with Crippen molar-refractivity contribution >= 4 is 22.8 Å². The first kappa shape index (κ1) is 23.3. The smallest absolute Gasteiger partial charge is 0.338 e. The Bertz CT molecular complexity index is 926. The number of unbranched alkanes of at least 4 members (excludes halogenated alkanes) is 2. The molecule has 6 nitrogen and oxygen atoms in total. The molecule has 1 aliphatic rings. The number of nitrogens with two attached hydrogens (primary N) is 1. The number of aryl methyl sites for hydroxylation is 3. The van der Waals surface area contributed by atoms with Gasteiger partial charge in [-0.1, -0.05) is 19.8 Å². The average molecular weight is 428 g/mol. The number of rotatable bonds is 11. The van der Waals surface area contributed by atoms with Crippen molar-refractivity contribution in [2.75, 3.05) is 26.2 Å². The number of carbonyl (C=O) groups excluding carboxylic acids is 2. The molecule has 1 aromatic carbocycles. The molecule has 6 heteroatoms. The van der Waals surface area contributed by atoms with Crippen molar-refractivity contribution in [1.82, 2.24) is 9.47 Å². The molecular weight excluding hydrogens is 390 g/mol. The fraction of sp³-hybridized carbons (Fsp3) is 0.600. The zero-order valence-corrected chi connectivity index (χ0v) is 19.3. The Morgan fingerprint density at radius 1 is 1.13 bits per heavy atom. The Balaban J connectivity index is 1.85. The lowest BCUT2D eigenvalue weighted by Crippen LogP contribution is -2.25. The summed E-state index contributed by atoms with van der Waals surface area (Å²) in [5.41, 5.74) is 10.4. The van der Waals surface area contributed by atoms with E-state index in [0.29, 0.717) is 25.0 Å². The summed E-state index contributed by atoms with van der Waals surface area (Å²) in [5, 5.41) is 1.11. The van der Waals surface area contributed by atoms with Gasteiger partial charge in [-0.05, 0) is 75.4 Å². The summed E-state index contributed by atoms with van der Waals surface area (Å²) in [7, 11) is 2.05. The number of fused-ring (bicyclic) bond motifs is 1. The van der Waals surface area contributed by atoms with Crippen LogP contribution in [0, 0.1) is 6.92 Å². The highest BCUT2D eigenvalue weighted by Gasteiger charge is 2.20. The predicted molar refractivity (Wildman–Crippen MR) is 124 cm³/mol. The molecule has 1 saturated heterocycles. The third kappa shape index (κ3) is 5.67. The number of primary amides is 1. The number of carbonyl (C=O) groups is 2. The van der Waals surface area contributed by atoms with Crippen LogP contribution < -0.4 is 5.73 Å². The van der Waals surface area contributed by atoms with Crippen molar-refractivity contribution in [1.29, 1.82) is 0 Å². The van der Waals surface area contributed by atoms with Gasteiger partial charge in [-0.2, -0.15) is 0 Å². The van der Waals surface area contributed by atoms with Crippen LogP contribution in [0.2, 0.25) is 0 Å². The SMILES string of the molecule is CCCCCc1c(CCC(N)=O)c2cc(C)c(C(=O)OCCN3CCCC3)cc2n1C. The van der Waals surface area contributed by atoms with E-state index < -0.39 is 0 Å². The van der Waals surface area contributed by atoms with Gasteiger partial charge >= 0.3 is 5.97 Å².